The number of benzene rings is 1. The zero-order chi connectivity index (χ0) is 12.3. The van der Waals surface area contributed by atoms with Crippen molar-refractivity contribution in [1.82, 2.24) is 4.90 Å². The Kier molecular flexibility index (Phi) is 3.92. The zero-order valence-electron chi connectivity index (χ0n) is 9.85. The van der Waals surface area contributed by atoms with Gasteiger partial charge >= 0.3 is 0 Å². The van der Waals surface area contributed by atoms with Crippen LogP contribution in [0.4, 0.5) is 4.39 Å². The van der Waals surface area contributed by atoms with Crippen LogP contribution in [-0.4, -0.2) is 29.1 Å². The molecule has 0 spiro atoms. The van der Waals surface area contributed by atoms with Gasteiger partial charge in [-0.3, -0.25) is 4.90 Å². The first kappa shape index (κ1) is 12.3. The Bertz CT molecular complexity index is 372. The number of aliphatic hydroxyl groups excluding tert-OH is 1. The first-order valence-electron chi connectivity index (χ1n) is 5.99. The third kappa shape index (κ3) is 3.38. The van der Waals surface area contributed by atoms with Crippen molar-refractivity contribution < 1.29 is 9.50 Å². The van der Waals surface area contributed by atoms with Crippen LogP contribution in [0.15, 0.2) is 36.9 Å². The molecule has 2 nitrogen and oxygen atoms in total. The molecule has 0 aliphatic heterocycles. The van der Waals surface area contributed by atoms with Crippen LogP contribution < -0.4 is 0 Å². The average Bonchev–Trinajstić information content (AvgIpc) is 3.13. The summed E-state index contributed by atoms with van der Waals surface area (Å²) >= 11 is 0. The predicted molar refractivity (Wildman–Crippen MR) is 66.2 cm³/mol. The van der Waals surface area contributed by atoms with Gasteiger partial charge in [0.2, 0.25) is 0 Å². The molecular weight excluding hydrogens is 217 g/mol. The Balaban J connectivity index is 1.96. The molecule has 1 aliphatic carbocycles. The van der Waals surface area contributed by atoms with E-state index in [9.17, 15) is 9.50 Å². The van der Waals surface area contributed by atoms with Gasteiger partial charge in [-0.25, -0.2) is 4.39 Å². The molecule has 1 N–H and O–H groups in total. The van der Waals surface area contributed by atoms with E-state index in [0.717, 1.165) is 12.1 Å². The molecule has 1 atom stereocenters. The normalized spacial score (nSPS) is 17.1. The third-order valence-electron chi connectivity index (χ3n) is 3.09. The van der Waals surface area contributed by atoms with Crippen molar-refractivity contribution in [3.8, 4) is 0 Å². The molecule has 1 aliphatic rings. The van der Waals surface area contributed by atoms with Gasteiger partial charge in [0.1, 0.15) is 5.82 Å². The second-order valence-corrected chi connectivity index (χ2v) is 4.54. The van der Waals surface area contributed by atoms with Gasteiger partial charge in [0.25, 0.3) is 0 Å². The fraction of sp³-hybridized carbons (Fsp3) is 0.429. The topological polar surface area (TPSA) is 23.5 Å². The van der Waals surface area contributed by atoms with Crippen LogP contribution in [0.1, 0.15) is 24.5 Å². The summed E-state index contributed by atoms with van der Waals surface area (Å²) < 4.78 is 12.8. The van der Waals surface area contributed by atoms with Crippen LogP contribution in [0, 0.1) is 5.82 Å². The minimum Gasteiger partial charge on any atom is -0.387 e. The van der Waals surface area contributed by atoms with Gasteiger partial charge in [-0.15, -0.1) is 6.58 Å². The average molecular weight is 235 g/mol. The number of hydrogen-bond acceptors (Lipinski definition) is 2. The van der Waals surface area contributed by atoms with Crippen molar-refractivity contribution >= 4 is 0 Å². The second-order valence-electron chi connectivity index (χ2n) is 4.54. The Morgan fingerprint density at radius 2 is 2.06 bits per heavy atom. The lowest BCUT2D eigenvalue weighted by atomic mass is 10.1. The maximum atomic E-state index is 12.8. The Morgan fingerprint density at radius 1 is 1.41 bits per heavy atom. The van der Waals surface area contributed by atoms with Gasteiger partial charge in [-0.05, 0) is 30.5 Å². The smallest absolute Gasteiger partial charge is 0.123 e. The Labute approximate surface area is 101 Å². The Morgan fingerprint density at radius 3 is 2.59 bits per heavy atom. The summed E-state index contributed by atoms with van der Waals surface area (Å²) in [7, 11) is 0. The highest BCUT2D eigenvalue weighted by atomic mass is 19.1. The zero-order valence-corrected chi connectivity index (χ0v) is 9.85. The minimum absolute atomic E-state index is 0.272. The molecule has 17 heavy (non-hydrogen) atoms. The first-order valence-corrected chi connectivity index (χ1v) is 5.99. The van der Waals surface area contributed by atoms with Gasteiger partial charge < -0.3 is 5.11 Å². The van der Waals surface area contributed by atoms with E-state index in [1.165, 1.54) is 25.0 Å². The monoisotopic (exact) mass is 235 g/mol. The largest absolute Gasteiger partial charge is 0.387 e. The molecule has 1 saturated carbocycles. The summed E-state index contributed by atoms with van der Waals surface area (Å²) in [5.74, 6) is -0.272. The number of hydrogen-bond donors (Lipinski definition) is 1. The van der Waals surface area contributed by atoms with E-state index in [1.807, 2.05) is 6.08 Å². The number of aliphatic hydroxyl groups is 1. The Hall–Kier alpha value is -1.19. The summed E-state index contributed by atoms with van der Waals surface area (Å²) in [5, 5.41) is 10.1. The molecule has 2 rings (SSSR count). The quantitative estimate of drug-likeness (QED) is 0.766. The van der Waals surface area contributed by atoms with Crippen LogP contribution in [0.3, 0.4) is 0 Å². The van der Waals surface area contributed by atoms with Crippen molar-refractivity contribution in [1.29, 1.82) is 0 Å². The van der Waals surface area contributed by atoms with Crippen molar-refractivity contribution in [2.24, 2.45) is 0 Å². The van der Waals surface area contributed by atoms with E-state index >= 15 is 0 Å². The van der Waals surface area contributed by atoms with E-state index in [2.05, 4.69) is 11.5 Å². The van der Waals surface area contributed by atoms with Gasteiger partial charge in [0.15, 0.2) is 0 Å². The number of halogens is 1. The van der Waals surface area contributed by atoms with Crippen LogP contribution in [0.2, 0.25) is 0 Å². The van der Waals surface area contributed by atoms with E-state index in [-0.39, 0.29) is 5.82 Å². The standard InChI is InChI=1S/C14H18FNO/c1-2-9-16(13-7-8-13)10-14(17)11-3-5-12(15)6-4-11/h2-6,13-14,17H,1,7-10H2/t14-/m0/s1. The molecule has 0 radical (unpaired) electrons. The maximum Gasteiger partial charge on any atom is 0.123 e. The molecule has 1 aromatic carbocycles. The van der Waals surface area contributed by atoms with Gasteiger partial charge in [-0.1, -0.05) is 18.2 Å². The van der Waals surface area contributed by atoms with Crippen molar-refractivity contribution in [2.45, 2.75) is 25.0 Å². The highest BCUT2D eigenvalue weighted by molar-refractivity contribution is 5.19. The number of rotatable bonds is 6. The fourth-order valence-electron chi connectivity index (χ4n) is 1.99. The highest BCUT2D eigenvalue weighted by Crippen LogP contribution is 2.28. The van der Waals surface area contributed by atoms with Crippen molar-refractivity contribution in [3.63, 3.8) is 0 Å². The van der Waals surface area contributed by atoms with Crippen LogP contribution in [0.25, 0.3) is 0 Å². The second kappa shape index (κ2) is 5.43. The maximum absolute atomic E-state index is 12.8. The summed E-state index contributed by atoms with van der Waals surface area (Å²) in [5.41, 5.74) is 0.765. The minimum atomic E-state index is -0.559. The van der Waals surface area contributed by atoms with Crippen molar-refractivity contribution in [3.05, 3.63) is 48.3 Å². The SMILES string of the molecule is C=CCN(C[C@H](O)c1ccc(F)cc1)C1CC1. The molecule has 3 heteroatoms. The molecule has 0 unspecified atom stereocenters. The summed E-state index contributed by atoms with van der Waals surface area (Å²) in [6, 6.07) is 6.63. The van der Waals surface area contributed by atoms with Crippen LogP contribution in [-0.2, 0) is 0 Å². The molecule has 0 amide bonds. The predicted octanol–water partition coefficient (Wildman–Crippen LogP) is 2.51. The molecular formula is C14H18FNO. The molecule has 0 heterocycles. The lowest BCUT2D eigenvalue weighted by Gasteiger charge is -2.23. The van der Waals surface area contributed by atoms with Crippen molar-refractivity contribution in [2.75, 3.05) is 13.1 Å². The molecule has 1 aromatic rings. The number of nitrogens with zero attached hydrogens (tertiary/aromatic N) is 1. The lowest BCUT2D eigenvalue weighted by Crippen LogP contribution is -2.30. The fourth-order valence-corrected chi connectivity index (χ4v) is 1.99. The third-order valence-corrected chi connectivity index (χ3v) is 3.09. The molecule has 92 valence electrons. The van der Waals surface area contributed by atoms with E-state index in [4.69, 9.17) is 0 Å². The van der Waals surface area contributed by atoms with Gasteiger partial charge in [-0.2, -0.15) is 0 Å². The molecule has 0 aromatic heterocycles. The summed E-state index contributed by atoms with van der Waals surface area (Å²) in [4.78, 5) is 2.22. The lowest BCUT2D eigenvalue weighted by molar-refractivity contribution is 0.115. The van der Waals surface area contributed by atoms with Crippen LogP contribution >= 0.6 is 0 Å². The van der Waals surface area contributed by atoms with Gasteiger partial charge in [0.05, 0.1) is 6.10 Å². The summed E-state index contributed by atoms with van der Waals surface area (Å²) in [6.45, 7) is 5.11. The molecule has 0 bridgehead atoms. The first-order chi connectivity index (χ1) is 8.20. The van der Waals surface area contributed by atoms with E-state index in [1.54, 1.807) is 12.1 Å². The van der Waals surface area contributed by atoms with Gasteiger partial charge in [0, 0.05) is 19.1 Å². The summed E-state index contributed by atoms with van der Waals surface area (Å²) in [6.07, 6.45) is 3.69. The van der Waals surface area contributed by atoms with E-state index in [0.29, 0.717) is 12.6 Å². The van der Waals surface area contributed by atoms with Crippen LogP contribution in [0.5, 0.6) is 0 Å². The highest BCUT2D eigenvalue weighted by Gasteiger charge is 2.29. The molecule has 1 fully saturated rings. The van der Waals surface area contributed by atoms with E-state index < -0.39 is 6.10 Å². The molecule has 0 saturated heterocycles.